The summed E-state index contributed by atoms with van der Waals surface area (Å²) in [6, 6.07) is 2.99. The maximum atomic E-state index is 11.3. The van der Waals surface area contributed by atoms with E-state index in [1.807, 2.05) is 0 Å². The monoisotopic (exact) mass is 254 g/mol. The van der Waals surface area contributed by atoms with Gasteiger partial charge in [-0.3, -0.25) is 9.78 Å². The molecule has 0 saturated carbocycles. The number of hydrogen-bond acceptors (Lipinski definition) is 6. The Bertz CT molecular complexity index is 453. The minimum absolute atomic E-state index is 0.118. The van der Waals surface area contributed by atoms with Gasteiger partial charge in [0.25, 0.3) is 5.91 Å². The van der Waals surface area contributed by atoms with Gasteiger partial charge in [-0.25, -0.2) is 0 Å². The lowest BCUT2D eigenvalue weighted by molar-refractivity contribution is -0.0241. The molecule has 0 spiro atoms. The molecule has 7 nitrogen and oxygen atoms in total. The third-order valence-electron chi connectivity index (χ3n) is 2.92. The lowest BCUT2D eigenvalue weighted by Gasteiger charge is -2.16. The van der Waals surface area contributed by atoms with E-state index in [9.17, 15) is 15.0 Å². The second-order valence-corrected chi connectivity index (χ2v) is 4.06. The summed E-state index contributed by atoms with van der Waals surface area (Å²) in [5, 5.41) is 28.5. The summed E-state index contributed by atoms with van der Waals surface area (Å²) in [6.07, 6.45) is -2.97. The third-order valence-corrected chi connectivity index (χ3v) is 2.92. The SMILES string of the molecule is NC(=O)c1cccnc1C1O[C@H](CO)[C@@H](O)[C@@H]1O. The Morgan fingerprint density at radius 1 is 1.44 bits per heavy atom. The smallest absolute Gasteiger partial charge is 0.250 e. The van der Waals surface area contributed by atoms with Crippen LogP contribution in [0.2, 0.25) is 0 Å². The van der Waals surface area contributed by atoms with Gasteiger partial charge in [0.1, 0.15) is 24.4 Å². The van der Waals surface area contributed by atoms with Crippen LogP contribution in [0.25, 0.3) is 0 Å². The standard InChI is InChI=1S/C11H14N2O5/c12-11(17)5-2-1-3-13-7(5)10-9(16)8(15)6(4-14)18-10/h1-3,6,8-10,14-16H,4H2,(H2,12,17)/t6-,8-,9+,10?/m1/s1. The lowest BCUT2D eigenvalue weighted by Crippen LogP contribution is -2.32. The maximum Gasteiger partial charge on any atom is 0.250 e. The van der Waals surface area contributed by atoms with E-state index >= 15 is 0 Å². The van der Waals surface area contributed by atoms with Crippen molar-refractivity contribution in [3.63, 3.8) is 0 Å². The maximum absolute atomic E-state index is 11.3. The summed E-state index contributed by atoms with van der Waals surface area (Å²) in [7, 11) is 0. The van der Waals surface area contributed by atoms with Gasteiger partial charge in [0.15, 0.2) is 0 Å². The van der Waals surface area contributed by atoms with Gasteiger partial charge >= 0.3 is 0 Å². The van der Waals surface area contributed by atoms with Crippen LogP contribution in [-0.4, -0.2) is 51.1 Å². The second-order valence-electron chi connectivity index (χ2n) is 4.06. The van der Waals surface area contributed by atoms with Crippen molar-refractivity contribution in [1.29, 1.82) is 0 Å². The molecule has 2 heterocycles. The predicted octanol–water partition coefficient (Wildman–Crippen LogP) is -1.67. The molecule has 1 aromatic rings. The number of rotatable bonds is 3. The molecule has 5 N–H and O–H groups in total. The van der Waals surface area contributed by atoms with E-state index in [4.69, 9.17) is 15.6 Å². The highest BCUT2D eigenvalue weighted by molar-refractivity contribution is 5.94. The first-order valence-corrected chi connectivity index (χ1v) is 5.43. The molecular weight excluding hydrogens is 240 g/mol. The van der Waals surface area contributed by atoms with E-state index in [0.29, 0.717) is 0 Å². The van der Waals surface area contributed by atoms with Crippen LogP contribution in [0.4, 0.5) is 0 Å². The molecule has 0 radical (unpaired) electrons. The van der Waals surface area contributed by atoms with Crippen molar-refractivity contribution >= 4 is 5.91 Å². The van der Waals surface area contributed by atoms with E-state index in [1.54, 1.807) is 0 Å². The summed E-state index contributed by atoms with van der Waals surface area (Å²) in [4.78, 5) is 15.2. The van der Waals surface area contributed by atoms with Crippen molar-refractivity contribution in [3.05, 3.63) is 29.6 Å². The van der Waals surface area contributed by atoms with Crippen molar-refractivity contribution in [1.82, 2.24) is 4.98 Å². The van der Waals surface area contributed by atoms with Crippen LogP contribution in [0.3, 0.4) is 0 Å². The van der Waals surface area contributed by atoms with Crippen molar-refractivity contribution in [2.45, 2.75) is 24.4 Å². The average molecular weight is 254 g/mol. The van der Waals surface area contributed by atoms with Crippen LogP contribution in [0, 0.1) is 0 Å². The van der Waals surface area contributed by atoms with Crippen LogP contribution >= 0.6 is 0 Å². The highest BCUT2D eigenvalue weighted by Gasteiger charge is 2.44. The predicted molar refractivity (Wildman–Crippen MR) is 59.5 cm³/mol. The average Bonchev–Trinajstić information content (AvgIpc) is 2.66. The zero-order valence-corrected chi connectivity index (χ0v) is 9.43. The number of ether oxygens (including phenoxy) is 1. The Morgan fingerprint density at radius 3 is 2.72 bits per heavy atom. The molecule has 1 amide bonds. The number of carbonyl (C=O) groups is 1. The highest BCUT2D eigenvalue weighted by Crippen LogP contribution is 2.33. The van der Waals surface area contributed by atoms with Crippen molar-refractivity contribution in [2.24, 2.45) is 5.73 Å². The number of aromatic nitrogens is 1. The molecular formula is C11H14N2O5. The van der Waals surface area contributed by atoms with Crippen LogP contribution in [0.15, 0.2) is 18.3 Å². The van der Waals surface area contributed by atoms with E-state index in [0.717, 1.165) is 0 Å². The molecule has 1 fully saturated rings. The first-order valence-electron chi connectivity index (χ1n) is 5.43. The van der Waals surface area contributed by atoms with Crippen LogP contribution in [0.5, 0.6) is 0 Å². The van der Waals surface area contributed by atoms with Gasteiger partial charge in [-0.05, 0) is 12.1 Å². The van der Waals surface area contributed by atoms with E-state index < -0.39 is 36.9 Å². The number of aliphatic hydroxyl groups is 3. The lowest BCUT2D eigenvalue weighted by atomic mass is 10.0. The summed E-state index contributed by atoms with van der Waals surface area (Å²) >= 11 is 0. The molecule has 1 aliphatic rings. The molecule has 0 aliphatic carbocycles. The van der Waals surface area contributed by atoms with E-state index in [2.05, 4.69) is 4.98 Å². The van der Waals surface area contributed by atoms with Crippen LogP contribution in [-0.2, 0) is 4.74 Å². The minimum Gasteiger partial charge on any atom is -0.394 e. The minimum atomic E-state index is -1.27. The number of nitrogens with two attached hydrogens (primary N) is 1. The number of nitrogens with zero attached hydrogens (tertiary/aromatic N) is 1. The fraction of sp³-hybridized carbons (Fsp3) is 0.455. The van der Waals surface area contributed by atoms with Gasteiger partial charge in [-0.2, -0.15) is 0 Å². The molecule has 18 heavy (non-hydrogen) atoms. The van der Waals surface area contributed by atoms with E-state index in [-0.39, 0.29) is 11.3 Å². The number of aliphatic hydroxyl groups excluding tert-OH is 3. The number of amides is 1. The van der Waals surface area contributed by atoms with Crippen molar-refractivity contribution in [2.75, 3.05) is 6.61 Å². The zero-order chi connectivity index (χ0) is 13.3. The first kappa shape index (κ1) is 12.9. The topological polar surface area (TPSA) is 126 Å². The largest absolute Gasteiger partial charge is 0.394 e. The molecule has 7 heteroatoms. The molecule has 0 bridgehead atoms. The molecule has 98 valence electrons. The van der Waals surface area contributed by atoms with Gasteiger partial charge in [0, 0.05) is 6.20 Å². The van der Waals surface area contributed by atoms with Gasteiger partial charge in [-0.15, -0.1) is 0 Å². The number of primary amides is 1. The van der Waals surface area contributed by atoms with Crippen LogP contribution in [0.1, 0.15) is 22.2 Å². The number of carbonyl (C=O) groups excluding carboxylic acids is 1. The molecule has 1 saturated heterocycles. The van der Waals surface area contributed by atoms with Gasteiger partial charge in [0.05, 0.1) is 17.9 Å². The molecule has 1 unspecified atom stereocenters. The van der Waals surface area contributed by atoms with Crippen LogP contribution < -0.4 is 5.73 Å². The molecule has 0 aromatic carbocycles. The van der Waals surface area contributed by atoms with Gasteiger partial charge in [0.2, 0.25) is 0 Å². The Morgan fingerprint density at radius 2 is 2.17 bits per heavy atom. The fourth-order valence-corrected chi connectivity index (χ4v) is 1.98. The van der Waals surface area contributed by atoms with Crippen molar-refractivity contribution < 1.29 is 24.9 Å². The zero-order valence-electron chi connectivity index (χ0n) is 9.43. The quantitative estimate of drug-likeness (QED) is 0.511. The Kier molecular flexibility index (Phi) is 3.58. The van der Waals surface area contributed by atoms with E-state index in [1.165, 1.54) is 18.3 Å². The molecule has 4 atom stereocenters. The molecule has 1 aliphatic heterocycles. The third kappa shape index (κ3) is 2.08. The molecule has 2 rings (SSSR count). The normalized spacial score (nSPS) is 31.5. The fourth-order valence-electron chi connectivity index (χ4n) is 1.98. The first-order chi connectivity index (χ1) is 8.56. The Hall–Kier alpha value is -1.54. The summed E-state index contributed by atoms with van der Waals surface area (Å²) in [5.74, 6) is -0.698. The van der Waals surface area contributed by atoms with Gasteiger partial charge in [-0.1, -0.05) is 0 Å². The van der Waals surface area contributed by atoms with Gasteiger partial charge < -0.3 is 25.8 Å². The van der Waals surface area contributed by atoms with Crippen molar-refractivity contribution in [3.8, 4) is 0 Å². The number of hydrogen-bond donors (Lipinski definition) is 4. The summed E-state index contributed by atoms with van der Waals surface area (Å²) in [5.41, 5.74) is 5.48. The second kappa shape index (κ2) is 4.99. The Balaban J connectivity index is 2.35. The summed E-state index contributed by atoms with van der Waals surface area (Å²) < 4.78 is 5.29. The Labute approximate surface area is 103 Å². The summed E-state index contributed by atoms with van der Waals surface area (Å²) in [6.45, 7) is -0.437. The highest BCUT2D eigenvalue weighted by atomic mass is 16.6. The number of pyridine rings is 1. The molecule has 1 aromatic heterocycles.